The summed E-state index contributed by atoms with van der Waals surface area (Å²) in [6.45, 7) is 11.2. The number of nitrogens with one attached hydrogen (secondary N) is 4. The number of aromatic nitrogens is 4. The van der Waals surface area contributed by atoms with Gasteiger partial charge in [-0.1, -0.05) is 120 Å². The van der Waals surface area contributed by atoms with E-state index in [1.165, 1.54) is 58.7 Å². The number of methoxy groups -OCH3 is 2. The summed E-state index contributed by atoms with van der Waals surface area (Å²) in [5.74, 6) is 1.31. The molecule has 0 radical (unpaired) electrons. The van der Waals surface area contributed by atoms with Crippen molar-refractivity contribution >= 4 is 24.0 Å². The van der Waals surface area contributed by atoms with Crippen LogP contribution in [0.25, 0.3) is 44.8 Å². The third-order valence-electron chi connectivity index (χ3n) is 15.3. The lowest BCUT2D eigenvalue weighted by molar-refractivity contribution is -0.139. The molecule has 14 nitrogen and oxygen atoms in total. The first-order valence-corrected chi connectivity index (χ1v) is 26.2. The minimum Gasteiger partial charge on any atom is -0.453 e. The van der Waals surface area contributed by atoms with Crippen LogP contribution in [0.3, 0.4) is 0 Å². The number of carbonyl (C=O) groups is 4. The van der Waals surface area contributed by atoms with Crippen LogP contribution in [0.2, 0.25) is 0 Å². The maximum atomic E-state index is 13.9. The van der Waals surface area contributed by atoms with Crippen LogP contribution in [-0.2, 0) is 38.3 Å². The number of alkyl carbamates (subject to hydrolysis) is 2. The van der Waals surface area contributed by atoms with Crippen molar-refractivity contribution in [3.05, 3.63) is 131 Å². The number of carbonyl (C=O) groups excluding carboxylic acids is 4. The second-order valence-electron chi connectivity index (χ2n) is 20.8. The molecule has 12 rings (SSSR count). The molecule has 2 aromatic heterocycles. The van der Waals surface area contributed by atoms with Crippen molar-refractivity contribution in [1.29, 1.82) is 0 Å². The molecule has 5 atom stereocenters. The van der Waals surface area contributed by atoms with Crippen molar-refractivity contribution in [2.75, 3.05) is 27.3 Å². The molecule has 5 unspecified atom stereocenters. The van der Waals surface area contributed by atoms with Gasteiger partial charge in [-0.3, -0.25) is 9.59 Å². The van der Waals surface area contributed by atoms with Gasteiger partial charge in [0.15, 0.2) is 0 Å². The maximum Gasteiger partial charge on any atom is 0.407 e. The van der Waals surface area contributed by atoms with E-state index in [9.17, 15) is 19.2 Å². The highest BCUT2D eigenvalue weighted by Gasteiger charge is 2.38. The molecule has 0 spiro atoms. The summed E-state index contributed by atoms with van der Waals surface area (Å²) in [6.07, 6.45) is 10.5. The second-order valence-corrected chi connectivity index (χ2v) is 20.8. The van der Waals surface area contributed by atoms with Crippen LogP contribution in [0.4, 0.5) is 9.59 Å². The summed E-state index contributed by atoms with van der Waals surface area (Å²) < 4.78 is 9.66. The van der Waals surface area contributed by atoms with E-state index in [2.05, 4.69) is 112 Å². The van der Waals surface area contributed by atoms with Crippen LogP contribution in [0, 0.1) is 11.8 Å². The molecule has 2 aliphatic heterocycles. The third-order valence-corrected chi connectivity index (χ3v) is 15.3. The first-order valence-electron chi connectivity index (χ1n) is 26.2. The normalized spacial score (nSPS) is 18.7. The number of likely N-dealkylation sites (tertiary alicyclic amines) is 2. The van der Waals surface area contributed by atoms with Crippen LogP contribution >= 0.6 is 0 Å². The largest absolute Gasteiger partial charge is 0.453 e. The number of aryl methyl sites for hydroxylation is 2. The number of amides is 4. The van der Waals surface area contributed by atoms with Crippen LogP contribution in [0.5, 0.6) is 0 Å². The minimum absolute atomic E-state index is 0.108. The number of aromatic amines is 2. The van der Waals surface area contributed by atoms with Gasteiger partial charge in [0.05, 0.1) is 50.1 Å². The maximum absolute atomic E-state index is 13.9. The second kappa shape index (κ2) is 22.3. The smallest absolute Gasteiger partial charge is 0.407 e. The van der Waals surface area contributed by atoms with Crippen molar-refractivity contribution in [2.45, 2.75) is 122 Å². The Kier molecular flexibility index (Phi) is 15.5. The molecule has 4 bridgehead atoms. The van der Waals surface area contributed by atoms with Crippen molar-refractivity contribution in [2.24, 2.45) is 11.8 Å². The third kappa shape index (κ3) is 11.1. The lowest BCUT2D eigenvalue weighted by atomic mass is 9.84. The SMILES string of the molecule is COC(=O)NC(C(=O)N1CCCCC1c1ncc(-c2ccc(-c3cc4ccc3CCc3ccc(c(-c5ccc(-c6cnc(C7CCCCN7C(=O)C(NC(=O)OC)C(C)C)[nH]6)cc5)c3)CC4C)cc2)[nH]1)C(C)C. The van der Waals surface area contributed by atoms with Gasteiger partial charge in [0, 0.05) is 13.1 Å². The van der Waals surface area contributed by atoms with Crippen LogP contribution in [0.15, 0.2) is 97.3 Å². The van der Waals surface area contributed by atoms with E-state index in [1.807, 2.05) is 49.9 Å². The van der Waals surface area contributed by atoms with Gasteiger partial charge in [-0.05, 0) is 131 Å². The van der Waals surface area contributed by atoms with Crippen molar-refractivity contribution in [3.63, 3.8) is 0 Å². The standard InChI is InChI=1S/C59H70N8O6/c1-35(2)52(64-58(70)72-6)56(68)66-28-10-8-12-50(66)54-60-33-48(62-54)42-23-18-40(19-24-42)46-31-38-14-16-39-22-27-44(37(5)30-45(46)17-15-38)32-47(39)41-20-25-43(26-21-41)49-34-61-55(63-49)51-13-9-11-29-67(51)57(69)53(36(3)4)65-59(71)73-7/h15,17-27,31-37,50-53H,8-14,16,28-30H2,1-7H3,(H,60,62)(H,61,63)(H,64,70)(H,65,71). The van der Waals surface area contributed by atoms with E-state index in [1.54, 1.807) is 0 Å². The molecule has 4 heterocycles. The number of hydrogen-bond donors (Lipinski definition) is 4. The molecule has 2 fully saturated rings. The van der Waals surface area contributed by atoms with Gasteiger partial charge in [-0.2, -0.15) is 0 Å². The number of hydrogen-bond acceptors (Lipinski definition) is 8. The Bertz CT molecular complexity index is 2920. The Labute approximate surface area is 429 Å². The Morgan fingerprint density at radius 3 is 1.53 bits per heavy atom. The van der Waals surface area contributed by atoms with Gasteiger partial charge in [-0.25, -0.2) is 19.6 Å². The Hall–Kier alpha value is -7.22. The van der Waals surface area contributed by atoms with Gasteiger partial charge in [0.25, 0.3) is 0 Å². The number of piperidine rings is 2. The average Bonchev–Trinajstić information content (AvgIpc) is 4.12. The quantitative estimate of drug-likeness (QED) is 0.0937. The Morgan fingerprint density at radius 1 is 0.589 bits per heavy atom. The molecule has 4 N–H and O–H groups in total. The van der Waals surface area contributed by atoms with Crippen LogP contribution in [0.1, 0.15) is 125 Å². The molecule has 14 heteroatoms. The molecule has 0 saturated carbocycles. The molecule has 73 heavy (non-hydrogen) atoms. The summed E-state index contributed by atoms with van der Waals surface area (Å²) in [6, 6.07) is 29.6. The fourth-order valence-electron chi connectivity index (χ4n) is 11.0. The molecule has 2 saturated heterocycles. The van der Waals surface area contributed by atoms with E-state index in [4.69, 9.17) is 19.4 Å². The number of ether oxygens (including phenoxy) is 2. The fourth-order valence-corrected chi connectivity index (χ4v) is 11.0. The highest BCUT2D eigenvalue weighted by Crippen LogP contribution is 2.38. The molecular weight excluding hydrogens is 917 g/mol. The summed E-state index contributed by atoms with van der Waals surface area (Å²) in [5, 5.41) is 5.50. The number of rotatable bonds is 12. The molecule has 4 aromatic carbocycles. The Balaban J connectivity index is 0.895. The van der Waals surface area contributed by atoms with E-state index in [0.29, 0.717) is 13.1 Å². The predicted octanol–water partition coefficient (Wildman–Crippen LogP) is 11.1. The molecule has 4 amide bonds. The highest BCUT2D eigenvalue weighted by atomic mass is 16.5. The van der Waals surface area contributed by atoms with E-state index < -0.39 is 24.3 Å². The van der Waals surface area contributed by atoms with E-state index >= 15 is 0 Å². The van der Waals surface area contributed by atoms with Gasteiger partial charge in [-0.15, -0.1) is 0 Å². The topological polar surface area (TPSA) is 175 Å². The molecular formula is C59H70N8O6. The summed E-state index contributed by atoms with van der Waals surface area (Å²) in [4.78, 5) is 72.5. The first kappa shape index (κ1) is 50.7. The summed E-state index contributed by atoms with van der Waals surface area (Å²) in [7, 11) is 2.62. The summed E-state index contributed by atoms with van der Waals surface area (Å²) >= 11 is 0. The molecule has 6 aromatic rings. The van der Waals surface area contributed by atoms with Gasteiger partial charge in [0.1, 0.15) is 23.7 Å². The van der Waals surface area contributed by atoms with Gasteiger partial charge < -0.3 is 39.9 Å². The first-order chi connectivity index (χ1) is 35.3. The van der Waals surface area contributed by atoms with E-state index in [-0.39, 0.29) is 41.7 Å². The zero-order chi connectivity index (χ0) is 51.3. The van der Waals surface area contributed by atoms with Crippen molar-refractivity contribution in [1.82, 2.24) is 40.4 Å². The monoisotopic (exact) mass is 987 g/mol. The van der Waals surface area contributed by atoms with E-state index in [0.717, 1.165) is 92.0 Å². The fraction of sp³-hybridized carbons (Fsp3) is 0.424. The van der Waals surface area contributed by atoms with Crippen LogP contribution in [-0.4, -0.2) is 93.1 Å². The molecule has 382 valence electrons. The van der Waals surface area contributed by atoms with Crippen LogP contribution < -0.4 is 10.6 Å². The number of H-pyrrole nitrogens is 2. The number of nitrogens with zero attached hydrogens (tertiary/aromatic N) is 4. The lowest BCUT2D eigenvalue weighted by Crippen LogP contribution is -2.53. The summed E-state index contributed by atoms with van der Waals surface area (Å²) in [5.41, 5.74) is 13.9. The lowest BCUT2D eigenvalue weighted by Gasteiger charge is -2.37. The van der Waals surface area contributed by atoms with Crippen molar-refractivity contribution < 1.29 is 28.7 Å². The van der Waals surface area contributed by atoms with Gasteiger partial charge in [0.2, 0.25) is 11.8 Å². The number of imidazole rings is 2. The zero-order valence-electron chi connectivity index (χ0n) is 43.3. The Morgan fingerprint density at radius 2 is 1.05 bits per heavy atom. The minimum atomic E-state index is -0.692. The van der Waals surface area contributed by atoms with Crippen molar-refractivity contribution in [3.8, 4) is 44.8 Å². The average molecular weight is 987 g/mol. The molecule has 4 aliphatic carbocycles. The number of benzene rings is 4. The predicted molar refractivity (Wildman–Crippen MR) is 283 cm³/mol. The van der Waals surface area contributed by atoms with Gasteiger partial charge >= 0.3 is 12.2 Å². The molecule has 6 aliphatic rings. The zero-order valence-corrected chi connectivity index (χ0v) is 43.3. The highest BCUT2D eigenvalue weighted by molar-refractivity contribution is 5.87.